The fourth-order valence-electron chi connectivity index (χ4n) is 1.71. The topological polar surface area (TPSA) is 68.1 Å². The Morgan fingerprint density at radius 3 is 2.74 bits per heavy atom. The SMILES string of the molecule is OCc1ccc(Oc2cnc3ccccc3c2)nn1. The Bertz CT molecular complexity index is 698. The Hall–Kier alpha value is -2.53. The largest absolute Gasteiger partial charge is 0.436 e. The summed E-state index contributed by atoms with van der Waals surface area (Å²) in [5.74, 6) is 0.971. The number of aliphatic hydroxyl groups is 1. The summed E-state index contributed by atoms with van der Waals surface area (Å²) >= 11 is 0. The van der Waals surface area contributed by atoms with Gasteiger partial charge >= 0.3 is 0 Å². The second-order valence-electron chi connectivity index (χ2n) is 3.99. The van der Waals surface area contributed by atoms with Gasteiger partial charge in [0.15, 0.2) is 0 Å². The Morgan fingerprint density at radius 2 is 1.95 bits per heavy atom. The van der Waals surface area contributed by atoms with Crippen molar-refractivity contribution in [1.82, 2.24) is 15.2 Å². The van der Waals surface area contributed by atoms with E-state index < -0.39 is 0 Å². The average Bonchev–Trinajstić information content (AvgIpc) is 2.48. The van der Waals surface area contributed by atoms with Gasteiger partial charge in [-0.2, -0.15) is 0 Å². The van der Waals surface area contributed by atoms with Gasteiger partial charge in [0.1, 0.15) is 5.75 Å². The maximum Gasteiger partial charge on any atom is 0.238 e. The standard InChI is InChI=1S/C14H11N3O2/c18-9-11-5-6-14(17-16-11)19-12-7-10-3-1-2-4-13(10)15-8-12/h1-8,18H,9H2. The quantitative estimate of drug-likeness (QED) is 0.775. The summed E-state index contributed by atoms with van der Waals surface area (Å²) in [5, 5.41) is 17.6. The van der Waals surface area contributed by atoms with Crippen molar-refractivity contribution in [2.75, 3.05) is 0 Å². The van der Waals surface area contributed by atoms with Crippen LogP contribution in [0.5, 0.6) is 11.6 Å². The maximum absolute atomic E-state index is 8.88. The molecule has 1 aromatic carbocycles. The second kappa shape index (κ2) is 4.99. The van der Waals surface area contributed by atoms with Gasteiger partial charge in [-0.1, -0.05) is 18.2 Å². The van der Waals surface area contributed by atoms with Crippen LogP contribution in [0.25, 0.3) is 10.9 Å². The lowest BCUT2D eigenvalue weighted by Gasteiger charge is -2.05. The molecule has 0 saturated carbocycles. The first-order chi connectivity index (χ1) is 9.35. The molecule has 3 aromatic rings. The van der Waals surface area contributed by atoms with E-state index in [2.05, 4.69) is 15.2 Å². The number of hydrogen-bond donors (Lipinski definition) is 1. The van der Waals surface area contributed by atoms with Gasteiger partial charge < -0.3 is 9.84 Å². The van der Waals surface area contributed by atoms with Gasteiger partial charge in [-0.3, -0.25) is 4.98 Å². The number of nitrogens with zero attached hydrogens (tertiary/aromatic N) is 3. The maximum atomic E-state index is 8.88. The summed E-state index contributed by atoms with van der Waals surface area (Å²) in [6.07, 6.45) is 1.64. The lowest BCUT2D eigenvalue weighted by atomic mass is 10.2. The average molecular weight is 253 g/mol. The number of rotatable bonds is 3. The van der Waals surface area contributed by atoms with E-state index >= 15 is 0 Å². The third-order valence-corrected chi connectivity index (χ3v) is 2.65. The number of pyridine rings is 1. The smallest absolute Gasteiger partial charge is 0.238 e. The minimum atomic E-state index is -0.134. The second-order valence-corrected chi connectivity index (χ2v) is 3.99. The van der Waals surface area contributed by atoms with E-state index in [4.69, 9.17) is 9.84 Å². The van der Waals surface area contributed by atoms with E-state index in [1.54, 1.807) is 18.3 Å². The fourth-order valence-corrected chi connectivity index (χ4v) is 1.71. The van der Waals surface area contributed by atoms with E-state index in [1.807, 2.05) is 30.3 Å². The van der Waals surface area contributed by atoms with Gasteiger partial charge in [-0.25, -0.2) is 0 Å². The van der Waals surface area contributed by atoms with Crippen molar-refractivity contribution in [2.45, 2.75) is 6.61 Å². The molecule has 0 bridgehead atoms. The molecule has 0 amide bonds. The first-order valence-corrected chi connectivity index (χ1v) is 5.81. The molecule has 94 valence electrons. The highest BCUT2D eigenvalue weighted by molar-refractivity contribution is 5.79. The van der Waals surface area contributed by atoms with Crippen LogP contribution in [0.15, 0.2) is 48.7 Å². The molecule has 2 aromatic heterocycles. The number of para-hydroxylation sites is 1. The number of fused-ring (bicyclic) bond motifs is 1. The van der Waals surface area contributed by atoms with Gasteiger partial charge in [0, 0.05) is 11.5 Å². The molecule has 1 N–H and O–H groups in total. The number of hydrogen-bond acceptors (Lipinski definition) is 5. The number of benzene rings is 1. The summed E-state index contributed by atoms with van der Waals surface area (Å²) in [4.78, 5) is 4.30. The third kappa shape index (κ3) is 2.51. The van der Waals surface area contributed by atoms with Crippen molar-refractivity contribution in [3.8, 4) is 11.6 Å². The first kappa shape index (κ1) is 11.6. The molecule has 0 spiro atoms. The van der Waals surface area contributed by atoms with Crippen LogP contribution in [0.3, 0.4) is 0 Å². The molecule has 0 aliphatic carbocycles. The lowest BCUT2D eigenvalue weighted by Crippen LogP contribution is -1.95. The summed E-state index contributed by atoms with van der Waals surface area (Å²) in [6, 6.07) is 13.0. The third-order valence-electron chi connectivity index (χ3n) is 2.65. The molecule has 5 nitrogen and oxygen atoms in total. The van der Waals surface area contributed by atoms with Crippen LogP contribution in [-0.4, -0.2) is 20.3 Å². The number of aromatic nitrogens is 3. The van der Waals surface area contributed by atoms with Crippen LogP contribution in [0.2, 0.25) is 0 Å². The van der Waals surface area contributed by atoms with Gasteiger partial charge in [0.05, 0.1) is 24.0 Å². The van der Waals surface area contributed by atoms with Crippen LogP contribution < -0.4 is 4.74 Å². The van der Waals surface area contributed by atoms with E-state index in [9.17, 15) is 0 Å². The van der Waals surface area contributed by atoms with Crippen molar-refractivity contribution in [2.24, 2.45) is 0 Å². The van der Waals surface area contributed by atoms with Crippen LogP contribution in [0, 0.1) is 0 Å². The van der Waals surface area contributed by atoms with E-state index in [-0.39, 0.29) is 6.61 Å². The fraction of sp³-hybridized carbons (Fsp3) is 0.0714. The van der Waals surface area contributed by atoms with Crippen molar-refractivity contribution in [3.05, 3.63) is 54.4 Å². The molecule has 3 rings (SSSR count). The highest BCUT2D eigenvalue weighted by Crippen LogP contribution is 2.22. The van der Waals surface area contributed by atoms with Crippen LogP contribution in [-0.2, 0) is 6.61 Å². The van der Waals surface area contributed by atoms with Crippen LogP contribution in [0.1, 0.15) is 5.69 Å². The molecule has 0 fully saturated rings. The summed E-state index contributed by atoms with van der Waals surface area (Å²) in [6.45, 7) is -0.134. The minimum absolute atomic E-state index is 0.134. The van der Waals surface area contributed by atoms with E-state index in [1.165, 1.54) is 0 Å². The van der Waals surface area contributed by atoms with Crippen molar-refractivity contribution < 1.29 is 9.84 Å². The molecular weight excluding hydrogens is 242 g/mol. The monoisotopic (exact) mass is 253 g/mol. The zero-order valence-corrected chi connectivity index (χ0v) is 10.0. The van der Waals surface area contributed by atoms with Crippen molar-refractivity contribution in [3.63, 3.8) is 0 Å². The number of aliphatic hydroxyl groups excluding tert-OH is 1. The van der Waals surface area contributed by atoms with Crippen molar-refractivity contribution >= 4 is 10.9 Å². The van der Waals surface area contributed by atoms with E-state index in [0.717, 1.165) is 10.9 Å². The predicted molar refractivity (Wildman–Crippen MR) is 69.8 cm³/mol. The number of ether oxygens (including phenoxy) is 1. The summed E-state index contributed by atoms with van der Waals surface area (Å²) in [5.41, 5.74) is 1.42. The molecule has 0 unspecified atom stereocenters. The van der Waals surface area contributed by atoms with Crippen molar-refractivity contribution in [1.29, 1.82) is 0 Å². The zero-order valence-electron chi connectivity index (χ0n) is 10.0. The van der Waals surface area contributed by atoms with Gasteiger partial charge in [-0.05, 0) is 18.2 Å². The molecule has 5 heteroatoms. The molecular formula is C14H11N3O2. The highest BCUT2D eigenvalue weighted by atomic mass is 16.5. The normalized spacial score (nSPS) is 10.6. The van der Waals surface area contributed by atoms with Gasteiger partial charge in [0.25, 0.3) is 0 Å². The van der Waals surface area contributed by atoms with Gasteiger partial charge in [-0.15, -0.1) is 10.2 Å². The zero-order chi connectivity index (χ0) is 13.1. The van der Waals surface area contributed by atoms with Crippen LogP contribution in [0.4, 0.5) is 0 Å². The molecule has 19 heavy (non-hydrogen) atoms. The molecule has 0 radical (unpaired) electrons. The predicted octanol–water partition coefficient (Wildman–Crippen LogP) is 2.31. The Morgan fingerprint density at radius 1 is 1.05 bits per heavy atom. The highest BCUT2D eigenvalue weighted by Gasteiger charge is 2.02. The van der Waals surface area contributed by atoms with Gasteiger partial charge in [0.2, 0.25) is 5.88 Å². The molecule has 0 aliphatic rings. The Labute approximate surface area is 109 Å². The lowest BCUT2D eigenvalue weighted by molar-refractivity contribution is 0.274. The molecule has 2 heterocycles. The summed E-state index contributed by atoms with van der Waals surface area (Å²) in [7, 11) is 0. The van der Waals surface area contributed by atoms with Crippen LogP contribution >= 0.6 is 0 Å². The summed E-state index contributed by atoms with van der Waals surface area (Å²) < 4.78 is 5.57. The Balaban J connectivity index is 1.87. The minimum Gasteiger partial charge on any atom is -0.436 e. The van der Waals surface area contributed by atoms with E-state index in [0.29, 0.717) is 17.3 Å². The Kier molecular flexibility index (Phi) is 3.04. The molecule has 0 saturated heterocycles. The molecule has 0 atom stereocenters. The first-order valence-electron chi connectivity index (χ1n) is 5.81. The molecule has 0 aliphatic heterocycles.